The van der Waals surface area contributed by atoms with Crippen LogP contribution in [0.4, 0.5) is 5.82 Å². The second-order valence-corrected chi connectivity index (χ2v) is 8.50. The standard InChI is InChI=1S/C27H24ClN3O2/c28-23-10-4-3-7-21(23)16-29-26(32)18-33-24-11-5-9-20-12-13-25(30-27(20)24)31-15-14-19-6-1-2-8-22(19)17-31/h1-13H,14-18H2,(H,29,32). The fraction of sp³-hybridized carbons (Fsp3) is 0.185. The molecule has 6 heteroatoms. The molecule has 0 aliphatic carbocycles. The second kappa shape index (κ2) is 9.51. The van der Waals surface area contributed by atoms with Crippen molar-refractivity contribution < 1.29 is 9.53 Å². The summed E-state index contributed by atoms with van der Waals surface area (Å²) < 4.78 is 5.87. The normalized spacial score (nSPS) is 12.9. The SMILES string of the molecule is O=C(COc1cccc2ccc(N3CCc4ccccc4C3)nc12)NCc1ccccc1Cl. The quantitative estimate of drug-likeness (QED) is 0.435. The van der Waals surface area contributed by atoms with Crippen LogP contribution in [0.3, 0.4) is 0 Å². The molecule has 5 rings (SSSR count). The van der Waals surface area contributed by atoms with Gasteiger partial charge in [-0.2, -0.15) is 0 Å². The van der Waals surface area contributed by atoms with Gasteiger partial charge in [-0.25, -0.2) is 4.98 Å². The molecule has 0 radical (unpaired) electrons. The summed E-state index contributed by atoms with van der Waals surface area (Å²) in [7, 11) is 0. The minimum absolute atomic E-state index is 0.0907. The first-order valence-electron chi connectivity index (χ1n) is 11.0. The van der Waals surface area contributed by atoms with Gasteiger partial charge in [-0.05, 0) is 47.4 Å². The Morgan fingerprint density at radius 3 is 2.67 bits per heavy atom. The van der Waals surface area contributed by atoms with E-state index in [0.29, 0.717) is 17.3 Å². The Labute approximate surface area is 198 Å². The number of pyridine rings is 1. The minimum Gasteiger partial charge on any atom is -0.481 e. The zero-order valence-corrected chi connectivity index (χ0v) is 18.9. The van der Waals surface area contributed by atoms with Crippen LogP contribution < -0.4 is 15.0 Å². The van der Waals surface area contributed by atoms with Crippen molar-refractivity contribution in [3.63, 3.8) is 0 Å². The number of nitrogens with one attached hydrogen (secondary N) is 1. The molecule has 0 saturated carbocycles. The van der Waals surface area contributed by atoms with Crippen LogP contribution in [0.25, 0.3) is 10.9 Å². The van der Waals surface area contributed by atoms with Gasteiger partial charge < -0.3 is 15.0 Å². The molecule has 1 aliphatic rings. The summed E-state index contributed by atoms with van der Waals surface area (Å²) in [5.41, 5.74) is 4.37. The van der Waals surface area contributed by atoms with E-state index < -0.39 is 0 Å². The zero-order chi connectivity index (χ0) is 22.6. The Hall–Kier alpha value is -3.57. The molecule has 1 N–H and O–H groups in total. The third-order valence-corrected chi connectivity index (χ3v) is 6.28. The summed E-state index contributed by atoms with van der Waals surface area (Å²) in [5.74, 6) is 1.30. The molecule has 0 unspecified atom stereocenters. The maximum atomic E-state index is 12.4. The Balaban J connectivity index is 1.29. The van der Waals surface area contributed by atoms with Crippen LogP contribution in [0.2, 0.25) is 5.02 Å². The molecular formula is C27H24ClN3O2. The molecule has 33 heavy (non-hydrogen) atoms. The van der Waals surface area contributed by atoms with Crippen molar-refractivity contribution >= 4 is 34.2 Å². The van der Waals surface area contributed by atoms with Crippen LogP contribution in [0.5, 0.6) is 5.75 Å². The average Bonchev–Trinajstić information content (AvgIpc) is 2.86. The fourth-order valence-electron chi connectivity index (χ4n) is 4.12. The van der Waals surface area contributed by atoms with Gasteiger partial charge in [-0.1, -0.05) is 66.2 Å². The van der Waals surface area contributed by atoms with E-state index in [1.807, 2.05) is 36.4 Å². The molecule has 2 heterocycles. The molecule has 0 spiro atoms. The number of nitrogens with zero attached hydrogens (tertiary/aromatic N) is 2. The van der Waals surface area contributed by atoms with E-state index >= 15 is 0 Å². The topological polar surface area (TPSA) is 54.5 Å². The van der Waals surface area contributed by atoms with E-state index in [1.54, 1.807) is 6.07 Å². The van der Waals surface area contributed by atoms with E-state index in [9.17, 15) is 4.79 Å². The lowest BCUT2D eigenvalue weighted by atomic mass is 10.00. The summed E-state index contributed by atoms with van der Waals surface area (Å²) in [6.45, 7) is 2.02. The van der Waals surface area contributed by atoms with Crippen LogP contribution >= 0.6 is 11.6 Å². The number of hydrogen-bond donors (Lipinski definition) is 1. The Morgan fingerprint density at radius 2 is 1.79 bits per heavy atom. The molecule has 166 valence electrons. The number of rotatable bonds is 6. The van der Waals surface area contributed by atoms with Gasteiger partial charge in [0.1, 0.15) is 17.1 Å². The summed E-state index contributed by atoms with van der Waals surface area (Å²) in [5, 5.41) is 4.46. The highest BCUT2D eigenvalue weighted by molar-refractivity contribution is 6.31. The number of amides is 1. The smallest absolute Gasteiger partial charge is 0.258 e. The largest absolute Gasteiger partial charge is 0.481 e. The monoisotopic (exact) mass is 457 g/mol. The maximum Gasteiger partial charge on any atom is 0.258 e. The molecule has 0 saturated heterocycles. The molecular weight excluding hydrogens is 434 g/mol. The first kappa shape index (κ1) is 21.3. The van der Waals surface area contributed by atoms with E-state index in [1.165, 1.54) is 11.1 Å². The number of fused-ring (bicyclic) bond motifs is 2. The summed E-state index contributed by atoms with van der Waals surface area (Å²) in [6.07, 6.45) is 1.000. The summed E-state index contributed by atoms with van der Waals surface area (Å²) in [6, 6.07) is 25.9. The van der Waals surface area contributed by atoms with Crippen molar-refractivity contribution in [1.82, 2.24) is 10.3 Å². The van der Waals surface area contributed by atoms with Crippen LogP contribution in [0.15, 0.2) is 78.9 Å². The molecule has 0 fully saturated rings. The Kier molecular flexibility index (Phi) is 6.13. The van der Waals surface area contributed by atoms with Crippen molar-refractivity contribution in [2.45, 2.75) is 19.5 Å². The number of carbonyl (C=O) groups is 1. The van der Waals surface area contributed by atoms with E-state index in [-0.39, 0.29) is 12.5 Å². The van der Waals surface area contributed by atoms with Gasteiger partial charge in [0.2, 0.25) is 0 Å². The lowest BCUT2D eigenvalue weighted by Gasteiger charge is -2.30. The summed E-state index contributed by atoms with van der Waals surface area (Å²) in [4.78, 5) is 19.6. The van der Waals surface area contributed by atoms with Crippen molar-refractivity contribution in [2.75, 3.05) is 18.1 Å². The lowest BCUT2D eigenvalue weighted by molar-refractivity contribution is -0.123. The number of ether oxygens (including phenoxy) is 1. The van der Waals surface area contributed by atoms with Gasteiger partial charge >= 0.3 is 0 Å². The highest BCUT2D eigenvalue weighted by Crippen LogP contribution is 2.29. The zero-order valence-electron chi connectivity index (χ0n) is 18.1. The van der Waals surface area contributed by atoms with Crippen molar-refractivity contribution in [2.24, 2.45) is 0 Å². The number of hydrogen-bond acceptors (Lipinski definition) is 4. The maximum absolute atomic E-state index is 12.4. The minimum atomic E-state index is -0.212. The highest BCUT2D eigenvalue weighted by Gasteiger charge is 2.18. The molecule has 1 aliphatic heterocycles. The van der Waals surface area contributed by atoms with Crippen LogP contribution in [0.1, 0.15) is 16.7 Å². The molecule has 1 aromatic heterocycles. The number of halogens is 1. The van der Waals surface area contributed by atoms with Gasteiger partial charge in [-0.15, -0.1) is 0 Å². The number of aromatic nitrogens is 1. The predicted molar refractivity (Wildman–Crippen MR) is 132 cm³/mol. The molecule has 5 nitrogen and oxygen atoms in total. The van der Waals surface area contributed by atoms with Crippen molar-refractivity contribution in [3.8, 4) is 5.75 Å². The van der Waals surface area contributed by atoms with E-state index in [2.05, 4.69) is 46.6 Å². The Morgan fingerprint density at radius 1 is 0.970 bits per heavy atom. The number of para-hydroxylation sites is 1. The van der Waals surface area contributed by atoms with Crippen LogP contribution in [-0.2, 0) is 24.3 Å². The second-order valence-electron chi connectivity index (χ2n) is 8.09. The first-order chi connectivity index (χ1) is 16.2. The Bertz CT molecular complexity index is 1310. The third-order valence-electron chi connectivity index (χ3n) is 5.92. The van der Waals surface area contributed by atoms with Crippen molar-refractivity contribution in [3.05, 3.63) is 101 Å². The van der Waals surface area contributed by atoms with E-state index in [0.717, 1.165) is 41.8 Å². The summed E-state index contributed by atoms with van der Waals surface area (Å²) >= 11 is 6.16. The third kappa shape index (κ3) is 4.78. The molecule has 1 amide bonds. The first-order valence-corrected chi connectivity index (χ1v) is 11.4. The van der Waals surface area contributed by atoms with Gasteiger partial charge in [0.25, 0.3) is 5.91 Å². The van der Waals surface area contributed by atoms with Gasteiger partial charge in [0.05, 0.1) is 0 Å². The molecule has 0 bridgehead atoms. The van der Waals surface area contributed by atoms with Crippen LogP contribution in [0, 0.1) is 0 Å². The highest BCUT2D eigenvalue weighted by atomic mass is 35.5. The molecule has 0 atom stereocenters. The molecule has 4 aromatic rings. The van der Waals surface area contributed by atoms with Crippen molar-refractivity contribution in [1.29, 1.82) is 0 Å². The number of carbonyl (C=O) groups excluding carboxylic acids is 1. The van der Waals surface area contributed by atoms with Crippen LogP contribution in [-0.4, -0.2) is 24.0 Å². The number of anilines is 1. The van der Waals surface area contributed by atoms with Gasteiger partial charge in [0, 0.05) is 30.0 Å². The predicted octanol–water partition coefficient (Wildman–Crippen LogP) is 5.15. The lowest BCUT2D eigenvalue weighted by Crippen LogP contribution is -2.31. The molecule has 3 aromatic carbocycles. The van der Waals surface area contributed by atoms with Gasteiger partial charge in [0.15, 0.2) is 6.61 Å². The van der Waals surface area contributed by atoms with E-state index in [4.69, 9.17) is 21.3 Å². The van der Waals surface area contributed by atoms with Gasteiger partial charge in [-0.3, -0.25) is 4.79 Å². The fourth-order valence-corrected chi connectivity index (χ4v) is 4.33. The number of benzene rings is 3. The average molecular weight is 458 g/mol.